The molecule has 0 bridgehead atoms. The predicted octanol–water partition coefficient (Wildman–Crippen LogP) is 4.53. The largest absolute Gasteiger partial charge is 0.417 e. The van der Waals surface area contributed by atoms with Crippen LogP contribution in [0.4, 0.5) is 0 Å². The summed E-state index contributed by atoms with van der Waals surface area (Å²) in [5.41, 5.74) is 0.0411. The third-order valence-electron chi connectivity index (χ3n) is 6.55. The van der Waals surface area contributed by atoms with Gasteiger partial charge in [0.15, 0.2) is 23.6 Å². The van der Waals surface area contributed by atoms with E-state index < -0.39 is 23.6 Å². The molecular formula is C20H42O4Si2. The third kappa shape index (κ3) is 4.81. The van der Waals surface area contributed by atoms with Crippen molar-refractivity contribution in [3.05, 3.63) is 0 Å². The second-order valence-electron chi connectivity index (χ2n) is 11.2. The Bertz CT molecular complexity index is 481. The van der Waals surface area contributed by atoms with Gasteiger partial charge in [-0.15, -0.1) is 0 Å². The molecule has 1 N–H and O–H groups in total. The summed E-state index contributed by atoms with van der Waals surface area (Å²) >= 11 is 0. The molecule has 0 spiro atoms. The molecule has 1 aliphatic heterocycles. The van der Waals surface area contributed by atoms with Crippen LogP contribution >= 0.6 is 0 Å². The minimum Gasteiger partial charge on any atom is -0.417 e. The van der Waals surface area contributed by atoms with Crippen molar-refractivity contribution >= 4 is 17.4 Å². The Labute approximate surface area is 163 Å². The number of ether oxygens (including phenoxy) is 1. The zero-order chi connectivity index (χ0) is 20.1. The van der Waals surface area contributed by atoms with Crippen molar-refractivity contribution in [1.29, 1.82) is 0 Å². The molecule has 1 aliphatic carbocycles. The van der Waals surface area contributed by atoms with Gasteiger partial charge in [0.25, 0.3) is 0 Å². The van der Waals surface area contributed by atoms with Crippen LogP contribution in [0.2, 0.25) is 31.2 Å². The lowest BCUT2D eigenvalue weighted by Crippen LogP contribution is -2.50. The van der Waals surface area contributed by atoms with Crippen molar-refractivity contribution in [2.45, 2.75) is 110 Å². The predicted molar refractivity (Wildman–Crippen MR) is 112 cm³/mol. The van der Waals surface area contributed by atoms with Gasteiger partial charge < -0.3 is 18.7 Å². The van der Waals surface area contributed by atoms with Gasteiger partial charge in [0, 0.05) is 12.3 Å². The molecule has 1 heterocycles. The molecule has 2 rings (SSSR count). The fourth-order valence-corrected chi connectivity index (χ4v) is 6.85. The van der Waals surface area contributed by atoms with Crippen molar-refractivity contribution in [2.75, 3.05) is 0 Å². The maximum Gasteiger partial charge on any atom is 0.192 e. The normalized spacial score (nSPS) is 34.4. The first-order valence-corrected chi connectivity index (χ1v) is 16.0. The molecule has 6 atom stereocenters. The SMILES string of the molecule is C[SiH](C)OC([C@@H]1[C@@H]2CC(O)O[C@@H]2C[C@@H]1O[Si](C)(C)C(C)(C)C)C(C)(C)C. The van der Waals surface area contributed by atoms with Crippen molar-refractivity contribution in [3.63, 3.8) is 0 Å². The number of hydrogen-bond acceptors (Lipinski definition) is 4. The van der Waals surface area contributed by atoms with Crippen molar-refractivity contribution in [2.24, 2.45) is 17.3 Å². The lowest BCUT2D eigenvalue weighted by Gasteiger charge is -2.45. The van der Waals surface area contributed by atoms with Crippen molar-refractivity contribution in [1.82, 2.24) is 0 Å². The van der Waals surface area contributed by atoms with Gasteiger partial charge in [-0.05, 0) is 49.0 Å². The van der Waals surface area contributed by atoms with E-state index in [1.807, 2.05) is 0 Å². The van der Waals surface area contributed by atoms with Crippen LogP contribution in [0.1, 0.15) is 54.4 Å². The van der Waals surface area contributed by atoms with Gasteiger partial charge >= 0.3 is 0 Å². The maximum absolute atomic E-state index is 10.1. The molecule has 2 unspecified atom stereocenters. The Hall–Kier alpha value is 0.274. The van der Waals surface area contributed by atoms with Crippen molar-refractivity contribution in [3.8, 4) is 0 Å². The topological polar surface area (TPSA) is 47.9 Å². The Morgan fingerprint density at radius 2 is 1.65 bits per heavy atom. The van der Waals surface area contributed by atoms with Crippen LogP contribution in [0.3, 0.4) is 0 Å². The highest BCUT2D eigenvalue weighted by atomic mass is 28.4. The quantitative estimate of drug-likeness (QED) is 0.686. The maximum atomic E-state index is 10.1. The summed E-state index contributed by atoms with van der Waals surface area (Å²) in [6, 6.07) is 0. The molecule has 0 aromatic carbocycles. The Kier molecular flexibility index (Phi) is 6.59. The van der Waals surface area contributed by atoms with E-state index in [0.29, 0.717) is 18.3 Å². The van der Waals surface area contributed by atoms with Crippen LogP contribution in [0, 0.1) is 17.3 Å². The van der Waals surface area contributed by atoms with Gasteiger partial charge in [0.2, 0.25) is 0 Å². The molecule has 2 fully saturated rings. The van der Waals surface area contributed by atoms with E-state index in [-0.39, 0.29) is 28.8 Å². The molecule has 0 aromatic heterocycles. The molecule has 1 saturated carbocycles. The van der Waals surface area contributed by atoms with Crippen LogP contribution in [-0.4, -0.2) is 47.1 Å². The number of aliphatic hydroxyl groups is 1. The standard InChI is InChI=1S/C20H42O4Si2/c1-19(2,3)18(23-25(7)8)17-13-11-16(21)22-14(13)12-15(17)24-26(9,10)20(4,5)6/h13-18,21,25H,11-12H2,1-10H3/t13-,14-,15+,16?,17-,18?/m1/s1. The molecule has 2 aliphatic rings. The first-order valence-electron chi connectivity index (χ1n) is 10.3. The molecular weight excluding hydrogens is 360 g/mol. The second kappa shape index (κ2) is 7.60. The van der Waals surface area contributed by atoms with E-state index >= 15 is 0 Å². The second-order valence-corrected chi connectivity index (χ2v) is 18.4. The highest BCUT2D eigenvalue weighted by Crippen LogP contribution is 2.51. The van der Waals surface area contributed by atoms with Gasteiger partial charge in [-0.3, -0.25) is 0 Å². The molecule has 0 radical (unpaired) electrons. The number of rotatable bonds is 5. The summed E-state index contributed by atoms with van der Waals surface area (Å²) in [6.45, 7) is 22.9. The van der Waals surface area contributed by atoms with Gasteiger partial charge in [0.1, 0.15) is 0 Å². The van der Waals surface area contributed by atoms with E-state index in [9.17, 15) is 5.11 Å². The van der Waals surface area contributed by atoms with Crippen LogP contribution in [0.25, 0.3) is 0 Å². The van der Waals surface area contributed by atoms with E-state index in [2.05, 4.69) is 67.7 Å². The summed E-state index contributed by atoms with van der Waals surface area (Å²) in [7, 11) is -3.08. The zero-order valence-electron chi connectivity index (χ0n) is 18.6. The van der Waals surface area contributed by atoms with Gasteiger partial charge in [-0.25, -0.2) is 0 Å². The minimum absolute atomic E-state index is 0.0411. The van der Waals surface area contributed by atoms with Crippen molar-refractivity contribution < 1.29 is 18.7 Å². The highest BCUT2D eigenvalue weighted by molar-refractivity contribution is 6.74. The minimum atomic E-state index is -1.88. The summed E-state index contributed by atoms with van der Waals surface area (Å²) in [5.74, 6) is 0.623. The highest BCUT2D eigenvalue weighted by Gasteiger charge is 2.56. The fraction of sp³-hybridized carbons (Fsp3) is 1.00. The molecule has 26 heavy (non-hydrogen) atoms. The summed E-state index contributed by atoms with van der Waals surface area (Å²) < 4.78 is 19.4. The van der Waals surface area contributed by atoms with E-state index in [1.165, 1.54) is 0 Å². The summed E-state index contributed by atoms with van der Waals surface area (Å²) in [4.78, 5) is 0. The van der Waals surface area contributed by atoms with Crippen LogP contribution < -0.4 is 0 Å². The first-order chi connectivity index (χ1) is 11.6. The lowest BCUT2D eigenvalue weighted by atomic mass is 9.75. The van der Waals surface area contributed by atoms with Gasteiger partial charge in [0.05, 0.1) is 18.3 Å². The lowest BCUT2D eigenvalue weighted by molar-refractivity contribution is -0.0954. The molecule has 154 valence electrons. The Morgan fingerprint density at radius 1 is 1.08 bits per heavy atom. The van der Waals surface area contributed by atoms with Gasteiger partial charge in [-0.2, -0.15) is 0 Å². The average Bonchev–Trinajstić information content (AvgIpc) is 2.88. The monoisotopic (exact) mass is 402 g/mol. The van der Waals surface area contributed by atoms with Gasteiger partial charge in [-0.1, -0.05) is 41.5 Å². The molecule has 0 aromatic rings. The van der Waals surface area contributed by atoms with E-state index in [0.717, 1.165) is 6.42 Å². The molecule has 0 amide bonds. The number of hydrogen-bond donors (Lipinski definition) is 1. The fourth-order valence-electron chi connectivity index (χ4n) is 4.31. The summed E-state index contributed by atoms with van der Waals surface area (Å²) in [5, 5.41) is 10.3. The van der Waals surface area contributed by atoms with E-state index in [4.69, 9.17) is 13.6 Å². The van der Waals surface area contributed by atoms with Crippen LogP contribution in [0.15, 0.2) is 0 Å². The first kappa shape index (κ1) is 22.6. The average molecular weight is 403 g/mol. The number of fused-ring (bicyclic) bond motifs is 1. The Morgan fingerprint density at radius 3 is 2.12 bits per heavy atom. The van der Waals surface area contributed by atoms with E-state index in [1.54, 1.807) is 0 Å². The number of aliphatic hydroxyl groups excluding tert-OH is 1. The molecule has 4 nitrogen and oxygen atoms in total. The third-order valence-corrected chi connectivity index (χ3v) is 11.9. The van der Waals surface area contributed by atoms with Crippen LogP contribution in [0.5, 0.6) is 0 Å². The Balaban J connectivity index is 2.34. The molecule has 6 heteroatoms. The zero-order valence-corrected chi connectivity index (χ0v) is 20.8. The smallest absolute Gasteiger partial charge is 0.192 e. The molecule has 1 saturated heterocycles. The summed E-state index contributed by atoms with van der Waals surface area (Å²) in [6.07, 6.45) is 1.38. The van der Waals surface area contributed by atoms with Crippen LogP contribution in [-0.2, 0) is 13.6 Å².